The van der Waals surface area contributed by atoms with Gasteiger partial charge in [-0.2, -0.15) is 0 Å². The average molecular weight is 356 g/mol. The van der Waals surface area contributed by atoms with Crippen molar-refractivity contribution in [2.45, 2.75) is 45.8 Å². The first-order valence-corrected chi connectivity index (χ1v) is 9.25. The molecule has 1 aromatic heterocycles. The van der Waals surface area contributed by atoms with E-state index >= 15 is 0 Å². The van der Waals surface area contributed by atoms with Gasteiger partial charge >= 0.3 is 6.03 Å². The summed E-state index contributed by atoms with van der Waals surface area (Å²) >= 11 is 0. The molecule has 0 unspecified atom stereocenters. The molecule has 0 aliphatic heterocycles. The van der Waals surface area contributed by atoms with Crippen LogP contribution in [0.1, 0.15) is 44.0 Å². The molecule has 0 radical (unpaired) electrons. The molecule has 1 aliphatic rings. The number of benzene rings is 1. The maximum Gasteiger partial charge on any atom is 0.317 e. The molecule has 2 amide bonds. The Bertz CT molecular complexity index is 737. The third-order valence-electron chi connectivity index (χ3n) is 4.41. The van der Waals surface area contributed by atoms with Crippen molar-refractivity contribution < 1.29 is 9.53 Å². The first kappa shape index (κ1) is 18.3. The van der Waals surface area contributed by atoms with Gasteiger partial charge in [0.1, 0.15) is 5.75 Å². The van der Waals surface area contributed by atoms with Crippen LogP contribution >= 0.6 is 0 Å². The summed E-state index contributed by atoms with van der Waals surface area (Å²) in [6.07, 6.45) is 6.08. The summed E-state index contributed by atoms with van der Waals surface area (Å²) in [7, 11) is 1.80. The van der Waals surface area contributed by atoms with Crippen molar-refractivity contribution in [3.05, 3.63) is 48.0 Å². The molecule has 6 heteroatoms. The molecule has 3 rings (SSSR count). The predicted octanol–water partition coefficient (Wildman–Crippen LogP) is 3.59. The van der Waals surface area contributed by atoms with E-state index in [1.54, 1.807) is 11.9 Å². The van der Waals surface area contributed by atoms with Crippen LogP contribution < -0.4 is 10.1 Å². The highest BCUT2D eigenvalue weighted by Crippen LogP contribution is 2.35. The topological polar surface area (TPSA) is 59.4 Å². The van der Waals surface area contributed by atoms with Crippen molar-refractivity contribution in [2.24, 2.45) is 5.92 Å². The van der Waals surface area contributed by atoms with E-state index in [1.807, 2.05) is 36.8 Å². The van der Waals surface area contributed by atoms with Crippen LogP contribution in [0.25, 0.3) is 0 Å². The Balaban J connectivity index is 1.55. The van der Waals surface area contributed by atoms with Crippen LogP contribution in [0.3, 0.4) is 0 Å². The molecule has 1 saturated carbocycles. The number of amides is 2. The second-order valence-electron chi connectivity index (χ2n) is 7.35. The average Bonchev–Trinajstić information content (AvgIpc) is 3.36. The second-order valence-corrected chi connectivity index (χ2v) is 7.35. The molecule has 140 valence electrons. The van der Waals surface area contributed by atoms with Gasteiger partial charge in [-0.25, -0.2) is 9.78 Å². The highest BCUT2D eigenvalue weighted by atomic mass is 16.5. The molecular formula is C20H28N4O2. The standard InChI is InChI=1S/C20H28N4O2/c1-15(2)13-26-19-7-5-4-6-16(19)12-23(3)20(25)22-11-18-10-21-14-24(18)17-8-9-17/h4-7,10,14-15,17H,8-9,11-13H2,1-3H3,(H,22,25). The van der Waals surface area contributed by atoms with E-state index in [1.165, 1.54) is 12.8 Å². The fourth-order valence-corrected chi connectivity index (χ4v) is 2.81. The SMILES string of the molecule is CC(C)COc1ccccc1CN(C)C(=O)NCc1cncn1C1CC1. The van der Waals surface area contributed by atoms with Crippen molar-refractivity contribution in [3.8, 4) is 5.75 Å². The van der Waals surface area contributed by atoms with Gasteiger partial charge in [0.2, 0.25) is 0 Å². The number of hydrogen-bond donors (Lipinski definition) is 1. The number of urea groups is 1. The molecule has 1 fully saturated rings. The zero-order valence-corrected chi connectivity index (χ0v) is 15.8. The molecule has 1 N–H and O–H groups in total. The molecular weight excluding hydrogens is 328 g/mol. The minimum absolute atomic E-state index is 0.104. The molecule has 1 heterocycles. The fraction of sp³-hybridized carbons (Fsp3) is 0.500. The van der Waals surface area contributed by atoms with E-state index in [2.05, 4.69) is 28.7 Å². The zero-order chi connectivity index (χ0) is 18.5. The molecule has 1 aromatic carbocycles. The number of ether oxygens (including phenoxy) is 1. The Hall–Kier alpha value is -2.50. The van der Waals surface area contributed by atoms with Crippen LogP contribution in [0.2, 0.25) is 0 Å². The normalized spacial score (nSPS) is 13.7. The number of rotatable bonds is 8. The first-order valence-electron chi connectivity index (χ1n) is 9.25. The van der Waals surface area contributed by atoms with E-state index in [-0.39, 0.29) is 6.03 Å². The lowest BCUT2D eigenvalue weighted by Gasteiger charge is -2.20. The predicted molar refractivity (Wildman–Crippen MR) is 101 cm³/mol. The van der Waals surface area contributed by atoms with Gasteiger partial charge in [0.15, 0.2) is 0 Å². The smallest absolute Gasteiger partial charge is 0.317 e. The Morgan fingerprint density at radius 2 is 2.15 bits per heavy atom. The number of hydrogen-bond acceptors (Lipinski definition) is 3. The van der Waals surface area contributed by atoms with Gasteiger partial charge in [-0.3, -0.25) is 0 Å². The summed E-state index contributed by atoms with van der Waals surface area (Å²) in [4.78, 5) is 18.3. The van der Waals surface area contributed by atoms with Crippen molar-refractivity contribution in [2.75, 3.05) is 13.7 Å². The Morgan fingerprint density at radius 1 is 1.38 bits per heavy atom. The molecule has 0 bridgehead atoms. The molecule has 6 nitrogen and oxygen atoms in total. The summed E-state index contributed by atoms with van der Waals surface area (Å²) in [5.41, 5.74) is 2.06. The number of aromatic nitrogens is 2. The monoisotopic (exact) mass is 356 g/mol. The Labute approximate surface area is 155 Å². The van der Waals surface area contributed by atoms with E-state index in [0.29, 0.717) is 31.7 Å². The van der Waals surface area contributed by atoms with Crippen LogP contribution in [0.15, 0.2) is 36.8 Å². The molecule has 26 heavy (non-hydrogen) atoms. The summed E-state index contributed by atoms with van der Waals surface area (Å²) in [6, 6.07) is 8.34. The lowest BCUT2D eigenvalue weighted by molar-refractivity contribution is 0.204. The maximum atomic E-state index is 12.5. The number of carbonyl (C=O) groups is 1. The molecule has 2 aromatic rings. The van der Waals surface area contributed by atoms with Crippen LogP contribution in [-0.4, -0.2) is 34.1 Å². The summed E-state index contributed by atoms with van der Waals surface area (Å²) in [5.74, 6) is 1.30. The largest absolute Gasteiger partial charge is 0.493 e. The fourth-order valence-electron chi connectivity index (χ4n) is 2.81. The molecule has 0 spiro atoms. The van der Waals surface area contributed by atoms with E-state index in [4.69, 9.17) is 4.74 Å². The highest BCUT2D eigenvalue weighted by molar-refractivity contribution is 5.73. The van der Waals surface area contributed by atoms with Crippen molar-refractivity contribution in [3.63, 3.8) is 0 Å². The van der Waals surface area contributed by atoms with Gasteiger partial charge < -0.3 is 19.5 Å². The minimum atomic E-state index is -0.104. The van der Waals surface area contributed by atoms with E-state index in [9.17, 15) is 4.79 Å². The number of para-hydroxylation sites is 1. The van der Waals surface area contributed by atoms with Gasteiger partial charge in [-0.15, -0.1) is 0 Å². The van der Waals surface area contributed by atoms with Gasteiger partial charge in [-0.05, 0) is 24.8 Å². The second kappa shape index (κ2) is 8.25. The van der Waals surface area contributed by atoms with Gasteiger partial charge in [0.05, 0.1) is 31.7 Å². The van der Waals surface area contributed by atoms with Crippen LogP contribution in [0.5, 0.6) is 5.75 Å². The third kappa shape index (κ3) is 4.77. The molecule has 0 atom stereocenters. The maximum absolute atomic E-state index is 12.5. The summed E-state index contributed by atoms with van der Waals surface area (Å²) in [6.45, 7) is 5.90. The van der Waals surface area contributed by atoms with Crippen LogP contribution in [0.4, 0.5) is 4.79 Å². The quantitative estimate of drug-likeness (QED) is 0.786. The van der Waals surface area contributed by atoms with Crippen LogP contribution in [0, 0.1) is 5.92 Å². The summed E-state index contributed by atoms with van der Waals surface area (Å²) < 4.78 is 8.04. The van der Waals surface area contributed by atoms with Crippen LogP contribution in [-0.2, 0) is 13.1 Å². The number of carbonyl (C=O) groups excluding carboxylic acids is 1. The number of nitrogens with one attached hydrogen (secondary N) is 1. The van der Waals surface area contributed by atoms with Crippen molar-refractivity contribution in [1.82, 2.24) is 19.8 Å². The Kier molecular flexibility index (Phi) is 5.81. The minimum Gasteiger partial charge on any atom is -0.493 e. The van der Waals surface area contributed by atoms with Gasteiger partial charge in [-0.1, -0.05) is 32.0 Å². The van der Waals surface area contributed by atoms with Gasteiger partial charge in [0, 0.05) is 24.8 Å². The zero-order valence-electron chi connectivity index (χ0n) is 15.8. The Morgan fingerprint density at radius 3 is 2.88 bits per heavy atom. The molecule has 1 aliphatic carbocycles. The third-order valence-corrected chi connectivity index (χ3v) is 4.41. The molecule has 0 saturated heterocycles. The van der Waals surface area contributed by atoms with Crippen molar-refractivity contribution in [1.29, 1.82) is 0 Å². The van der Waals surface area contributed by atoms with Gasteiger partial charge in [0.25, 0.3) is 0 Å². The number of nitrogens with zero attached hydrogens (tertiary/aromatic N) is 3. The van der Waals surface area contributed by atoms with Crippen molar-refractivity contribution >= 4 is 6.03 Å². The van der Waals surface area contributed by atoms with E-state index < -0.39 is 0 Å². The lowest BCUT2D eigenvalue weighted by Crippen LogP contribution is -2.36. The lowest BCUT2D eigenvalue weighted by atomic mass is 10.2. The summed E-state index contributed by atoms with van der Waals surface area (Å²) in [5, 5.41) is 2.98. The van der Waals surface area contributed by atoms with E-state index in [0.717, 1.165) is 17.0 Å². The first-order chi connectivity index (χ1) is 12.5. The highest BCUT2D eigenvalue weighted by Gasteiger charge is 2.25. The number of imidazole rings is 1.